The van der Waals surface area contributed by atoms with Crippen molar-refractivity contribution in [1.82, 2.24) is 30.2 Å². The summed E-state index contributed by atoms with van der Waals surface area (Å²) >= 11 is 0. The second-order valence-corrected chi connectivity index (χ2v) is 17.3. The second kappa shape index (κ2) is 26.1. The lowest BCUT2D eigenvalue weighted by Gasteiger charge is -2.37. The average molecular weight is 835 g/mol. The molecule has 1 heterocycles. The highest BCUT2D eigenvalue weighted by atomic mass is 16.5. The van der Waals surface area contributed by atoms with E-state index in [4.69, 9.17) is 4.74 Å². The molecule has 1 aromatic rings. The first kappa shape index (κ1) is 51.0. The van der Waals surface area contributed by atoms with Crippen LogP contribution in [0.5, 0.6) is 0 Å². The molecule has 0 aromatic heterocycles. The Balaban J connectivity index is 2.03. The lowest BCUT2D eigenvalue weighted by molar-refractivity contribution is -0.142. The van der Waals surface area contributed by atoms with Gasteiger partial charge in [-0.2, -0.15) is 0 Å². The summed E-state index contributed by atoms with van der Waals surface area (Å²) in [7, 11) is 0. The number of nitrogens with one attached hydrogen (secondary N) is 2. The van der Waals surface area contributed by atoms with Gasteiger partial charge in [-0.05, 0) is 30.4 Å². The number of unbranched alkanes of at least 4 members (excludes halogenated alkanes) is 2. The van der Waals surface area contributed by atoms with E-state index in [0.717, 1.165) is 30.4 Å². The van der Waals surface area contributed by atoms with Crippen molar-refractivity contribution >= 4 is 35.7 Å². The number of carbonyl (C=O) groups is 6. The second-order valence-electron chi connectivity index (χ2n) is 17.3. The molecule has 0 spiro atoms. The predicted molar refractivity (Wildman–Crippen MR) is 222 cm³/mol. The third-order valence-electron chi connectivity index (χ3n) is 10.2. The molecule has 1 aliphatic heterocycles. The van der Waals surface area contributed by atoms with Crippen LogP contribution >= 0.6 is 0 Å². The first-order chi connectivity index (χ1) is 27.8. The third kappa shape index (κ3) is 23.3. The number of hydrogen-bond donors (Lipinski definition) is 6. The number of nitrogens with zero attached hydrogens (tertiary/aromatic N) is 4. The molecule has 2 rings (SSSR count). The van der Waals surface area contributed by atoms with Crippen LogP contribution in [-0.2, 0) is 46.3 Å². The predicted octanol–water partition coefficient (Wildman–Crippen LogP) is 1.97. The van der Waals surface area contributed by atoms with Crippen molar-refractivity contribution < 1.29 is 53.9 Å². The van der Waals surface area contributed by atoms with Gasteiger partial charge < -0.3 is 35.8 Å². The quantitative estimate of drug-likeness (QED) is 0.0774. The molecule has 1 saturated heterocycles. The molecule has 59 heavy (non-hydrogen) atoms. The highest BCUT2D eigenvalue weighted by Crippen LogP contribution is 2.20. The summed E-state index contributed by atoms with van der Waals surface area (Å²) in [5, 5.41) is 44.6. The van der Waals surface area contributed by atoms with Crippen LogP contribution in [0.4, 0.5) is 0 Å². The molecule has 0 bridgehead atoms. The van der Waals surface area contributed by atoms with E-state index >= 15 is 0 Å². The maximum atomic E-state index is 12.9. The van der Waals surface area contributed by atoms with Gasteiger partial charge in [-0.1, -0.05) is 71.7 Å². The molecule has 2 amide bonds. The maximum absolute atomic E-state index is 12.9. The largest absolute Gasteiger partial charge is 0.480 e. The fourth-order valence-electron chi connectivity index (χ4n) is 6.82. The summed E-state index contributed by atoms with van der Waals surface area (Å²) < 4.78 is 6.03. The third-order valence-corrected chi connectivity index (χ3v) is 10.2. The molecule has 1 unspecified atom stereocenters. The fourth-order valence-corrected chi connectivity index (χ4v) is 6.82. The van der Waals surface area contributed by atoms with E-state index in [1.807, 2.05) is 52.0 Å². The van der Waals surface area contributed by atoms with E-state index in [2.05, 4.69) is 17.6 Å². The van der Waals surface area contributed by atoms with Crippen LogP contribution in [0.15, 0.2) is 24.3 Å². The SMILES string of the molecule is CCCCCC(=O)NCC(C)(C)COCC(C)(C)CNC(=O)CCc1ccc(CC2CN(CC(=O)O)CCN(CC(=O)O)CCN(CC(=O)O)CCN2CC(=O)O)cc1. The Bertz CT molecular complexity index is 1490. The highest BCUT2D eigenvalue weighted by molar-refractivity contribution is 5.76. The summed E-state index contributed by atoms with van der Waals surface area (Å²) in [4.78, 5) is 78.9. The Morgan fingerprint density at radius 1 is 0.627 bits per heavy atom. The van der Waals surface area contributed by atoms with Crippen LogP contribution in [0.1, 0.15) is 77.8 Å². The average Bonchev–Trinajstić information content (AvgIpc) is 3.13. The molecule has 6 N–H and O–H groups in total. The lowest BCUT2D eigenvalue weighted by atomic mass is 9.93. The molecule has 1 aromatic carbocycles. The molecule has 1 atom stereocenters. The van der Waals surface area contributed by atoms with E-state index in [9.17, 15) is 49.2 Å². The zero-order valence-corrected chi connectivity index (χ0v) is 35.9. The topological polar surface area (TPSA) is 230 Å². The number of rotatable bonds is 25. The molecule has 1 fully saturated rings. The van der Waals surface area contributed by atoms with Crippen molar-refractivity contribution in [3.63, 3.8) is 0 Å². The van der Waals surface area contributed by atoms with Gasteiger partial charge in [0.25, 0.3) is 0 Å². The van der Waals surface area contributed by atoms with Crippen molar-refractivity contribution in [3.8, 4) is 0 Å². The molecule has 17 heteroatoms. The summed E-state index contributed by atoms with van der Waals surface area (Å²) in [6.45, 7) is 12.3. The first-order valence-electron chi connectivity index (χ1n) is 20.7. The molecule has 17 nitrogen and oxygen atoms in total. The van der Waals surface area contributed by atoms with E-state index in [-0.39, 0.29) is 101 Å². The Morgan fingerprint density at radius 3 is 1.56 bits per heavy atom. The highest BCUT2D eigenvalue weighted by Gasteiger charge is 2.28. The van der Waals surface area contributed by atoms with E-state index in [1.165, 1.54) is 0 Å². The van der Waals surface area contributed by atoms with Gasteiger partial charge in [0, 0.05) is 88.6 Å². The smallest absolute Gasteiger partial charge is 0.317 e. The van der Waals surface area contributed by atoms with Crippen molar-refractivity contribution in [1.29, 1.82) is 0 Å². The number of aryl methyl sites for hydroxylation is 1. The number of carboxylic acids is 4. The molecule has 334 valence electrons. The van der Waals surface area contributed by atoms with Gasteiger partial charge in [-0.3, -0.25) is 48.4 Å². The monoisotopic (exact) mass is 835 g/mol. The number of ether oxygens (including phenoxy) is 1. The number of benzene rings is 1. The van der Waals surface area contributed by atoms with Crippen LogP contribution < -0.4 is 10.6 Å². The van der Waals surface area contributed by atoms with Gasteiger partial charge in [0.1, 0.15) is 0 Å². The molecule has 0 saturated carbocycles. The summed E-state index contributed by atoms with van der Waals surface area (Å²) in [5.74, 6) is -4.30. The summed E-state index contributed by atoms with van der Waals surface area (Å²) in [6, 6.07) is 7.19. The molecular weight excluding hydrogens is 764 g/mol. The number of aliphatic carboxylic acids is 4. The van der Waals surface area contributed by atoms with E-state index in [0.29, 0.717) is 45.6 Å². The van der Waals surface area contributed by atoms with E-state index < -0.39 is 29.9 Å². The van der Waals surface area contributed by atoms with Gasteiger partial charge >= 0.3 is 23.9 Å². The van der Waals surface area contributed by atoms with Crippen LogP contribution in [-0.4, -0.2) is 180 Å². The van der Waals surface area contributed by atoms with E-state index in [1.54, 1.807) is 19.6 Å². The van der Waals surface area contributed by atoms with Crippen LogP contribution in [0.25, 0.3) is 0 Å². The number of carboxylic acid groups (broad SMARTS) is 4. The standard InChI is InChI=1S/C42H70N6O11/c1-6-7-8-9-35(49)43-28-41(2,3)30-59-31-42(4,5)29-44-36(50)15-14-32-10-12-33(13-11-32)22-34-23-47(26-39(55)56)19-18-45(24-37(51)52)16-17-46(25-38(53)54)20-21-48(34)27-40(57)58/h10-13,34H,6-9,14-31H2,1-5H3,(H,43,49)(H,44,50)(H,51,52)(H,53,54)(H,55,56)(H,57,58). The molecule has 0 aliphatic carbocycles. The maximum Gasteiger partial charge on any atom is 0.317 e. The van der Waals surface area contributed by atoms with Crippen molar-refractivity contribution in [2.24, 2.45) is 10.8 Å². The minimum absolute atomic E-state index is 0.0612. The Hall–Kier alpha value is -4.16. The van der Waals surface area contributed by atoms with Crippen LogP contribution in [0, 0.1) is 10.8 Å². The Morgan fingerprint density at radius 2 is 1.07 bits per heavy atom. The number of carbonyl (C=O) groups excluding carboxylic acids is 2. The first-order valence-corrected chi connectivity index (χ1v) is 20.7. The lowest BCUT2D eigenvalue weighted by Crippen LogP contribution is -2.53. The van der Waals surface area contributed by atoms with Gasteiger partial charge in [-0.15, -0.1) is 0 Å². The van der Waals surface area contributed by atoms with Gasteiger partial charge in [0.05, 0.1) is 39.4 Å². The molecular formula is C42H70N6O11. The Labute approximate surface area is 349 Å². The van der Waals surface area contributed by atoms with Gasteiger partial charge in [0.2, 0.25) is 11.8 Å². The van der Waals surface area contributed by atoms with Gasteiger partial charge in [0.15, 0.2) is 0 Å². The zero-order chi connectivity index (χ0) is 44.0. The minimum atomic E-state index is -1.08. The number of hydrogen-bond acceptors (Lipinski definition) is 11. The van der Waals surface area contributed by atoms with Crippen LogP contribution in [0.3, 0.4) is 0 Å². The Kier molecular flexibility index (Phi) is 22.6. The summed E-state index contributed by atoms with van der Waals surface area (Å²) in [5.41, 5.74) is 1.25. The van der Waals surface area contributed by atoms with Crippen LogP contribution in [0.2, 0.25) is 0 Å². The molecule has 1 aliphatic rings. The fraction of sp³-hybridized carbons (Fsp3) is 0.714. The number of amides is 2. The van der Waals surface area contributed by atoms with Crippen molar-refractivity contribution in [2.75, 3.05) is 98.3 Å². The normalized spacial score (nSPS) is 17.1. The van der Waals surface area contributed by atoms with Gasteiger partial charge in [-0.25, -0.2) is 0 Å². The van der Waals surface area contributed by atoms with Crippen molar-refractivity contribution in [3.05, 3.63) is 35.4 Å². The van der Waals surface area contributed by atoms with Crippen molar-refractivity contribution in [2.45, 2.75) is 85.6 Å². The minimum Gasteiger partial charge on any atom is -0.480 e. The molecule has 0 radical (unpaired) electrons. The summed E-state index contributed by atoms with van der Waals surface area (Å²) in [6.07, 6.45) is 4.67. The zero-order valence-electron chi connectivity index (χ0n) is 35.9.